The zero-order valence-electron chi connectivity index (χ0n) is 17.5. The van der Waals surface area contributed by atoms with Gasteiger partial charge < -0.3 is 10.1 Å². The molecule has 0 bridgehead atoms. The number of nitrogens with zero attached hydrogens (tertiary/aromatic N) is 2. The molecule has 4 heteroatoms. The van der Waals surface area contributed by atoms with Gasteiger partial charge in [-0.1, -0.05) is 42.8 Å². The first-order valence-electron chi connectivity index (χ1n) is 10.1. The van der Waals surface area contributed by atoms with E-state index in [0.29, 0.717) is 11.7 Å². The fourth-order valence-electron chi connectivity index (χ4n) is 3.89. The molecule has 1 aliphatic rings. The van der Waals surface area contributed by atoms with E-state index in [1.54, 1.807) is 7.11 Å². The number of benzene rings is 2. The summed E-state index contributed by atoms with van der Waals surface area (Å²) in [5.41, 5.74) is 5.80. The molecule has 1 aromatic heterocycles. The Hall–Kier alpha value is -3.14. The standard InChI is InChI=1S/C25H27N3O/c1-5-18-13-17(3)23(14-16(18)2)27-25-21-15-20(29-4)11-12-22(21)26-24(28-25)19-9-7-6-8-10-19/h6-12,14-15,18H,5,13H2,1-4H3,(H,26,27,28)/t18-/m0/s1. The number of allylic oxidation sites excluding steroid dienone is 3. The van der Waals surface area contributed by atoms with Gasteiger partial charge in [-0.05, 0) is 62.5 Å². The summed E-state index contributed by atoms with van der Waals surface area (Å²) in [5, 5.41) is 4.56. The molecule has 0 amide bonds. The maximum Gasteiger partial charge on any atom is 0.162 e. The van der Waals surface area contributed by atoms with Crippen molar-refractivity contribution in [2.75, 3.05) is 12.4 Å². The van der Waals surface area contributed by atoms with Gasteiger partial charge in [0.05, 0.1) is 12.6 Å². The smallest absolute Gasteiger partial charge is 0.162 e. The van der Waals surface area contributed by atoms with Crippen molar-refractivity contribution in [1.29, 1.82) is 0 Å². The van der Waals surface area contributed by atoms with Crippen molar-refractivity contribution >= 4 is 16.7 Å². The molecule has 0 spiro atoms. The normalized spacial score (nSPS) is 16.7. The molecule has 4 rings (SSSR count). The second-order valence-corrected chi connectivity index (χ2v) is 7.66. The van der Waals surface area contributed by atoms with Crippen LogP contribution in [-0.2, 0) is 0 Å². The third kappa shape index (κ3) is 3.88. The molecule has 0 aliphatic heterocycles. The van der Waals surface area contributed by atoms with Crippen LogP contribution in [0.3, 0.4) is 0 Å². The largest absolute Gasteiger partial charge is 0.497 e. The van der Waals surface area contributed by atoms with Gasteiger partial charge in [-0.25, -0.2) is 9.97 Å². The Labute approximate surface area is 172 Å². The summed E-state index contributed by atoms with van der Waals surface area (Å²) >= 11 is 0. The number of fused-ring (bicyclic) bond motifs is 1. The highest BCUT2D eigenvalue weighted by Gasteiger charge is 2.19. The Morgan fingerprint density at radius 1 is 1.07 bits per heavy atom. The van der Waals surface area contributed by atoms with Crippen molar-refractivity contribution in [3.05, 3.63) is 71.5 Å². The lowest BCUT2D eigenvalue weighted by Crippen LogP contribution is -2.13. The Balaban J connectivity index is 1.83. The molecule has 4 nitrogen and oxygen atoms in total. The van der Waals surface area contributed by atoms with E-state index in [1.807, 2.05) is 48.5 Å². The summed E-state index contributed by atoms with van der Waals surface area (Å²) in [5.74, 6) is 2.94. The second-order valence-electron chi connectivity index (χ2n) is 7.66. The molecule has 1 atom stereocenters. The minimum atomic E-state index is 0.627. The number of hydrogen-bond donors (Lipinski definition) is 1. The Morgan fingerprint density at radius 2 is 1.86 bits per heavy atom. The van der Waals surface area contributed by atoms with Gasteiger partial charge in [0.2, 0.25) is 0 Å². The molecule has 0 unspecified atom stereocenters. The Morgan fingerprint density at radius 3 is 2.59 bits per heavy atom. The van der Waals surface area contributed by atoms with E-state index in [4.69, 9.17) is 14.7 Å². The predicted octanol–water partition coefficient (Wildman–Crippen LogP) is 6.37. The molecule has 0 fully saturated rings. The molecule has 0 radical (unpaired) electrons. The molecule has 1 N–H and O–H groups in total. The molecule has 148 valence electrons. The maximum atomic E-state index is 5.44. The van der Waals surface area contributed by atoms with E-state index in [-0.39, 0.29) is 0 Å². The van der Waals surface area contributed by atoms with Gasteiger partial charge in [0.15, 0.2) is 5.82 Å². The average molecular weight is 386 g/mol. The molecule has 1 heterocycles. The number of anilines is 1. The van der Waals surface area contributed by atoms with Crippen molar-refractivity contribution in [3.8, 4) is 17.1 Å². The number of methoxy groups -OCH3 is 1. The van der Waals surface area contributed by atoms with Crippen LogP contribution in [0, 0.1) is 5.92 Å². The van der Waals surface area contributed by atoms with E-state index in [0.717, 1.165) is 40.2 Å². The minimum Gasteiger partial charge on any atom is -0.497 e. The van der Waals surface area contributed by atoms with Crippen LogP contribution < -0.4 is 10.1 Å². The number of hydrogen-bond acceptors (Lipinski definition) is 4. The summed E-state index contributed by atoms with van der Waals surface area (Å²) in [6, 6.07) is 16.0. The van der Waals surface area contributed by atoms with Crippen LogP contribution in [0.2, 0.25) is 0 Å². The fraction of sp³-hybridized carbons (Fsp3) is 0.280. The van der Waals surface area contributed by atoms with Crippen LogP contribution in [0.1, 0.15) is 33.6 Å². The molecule has 2 aromatic carbocycles. The van der Waals surface area contributed by atoms with Crippen LogP contribution in [0.4, 0.5) is 5.82 Å². The van der Waals surface area contributed by atoms with E-state index >= 15 is 0 Å². The zero-order valence-corrected chi connectivity index (χ0v) is 17.5. The first kappa shape index (κ1) is 19.2. The molecule has 1 aliphatic carbocycles. The van der Waals surface area contributed by atoms with Gasteiger partial charge in [0.1, 0.15) is 11.6 Å². The van der Waals surface area contributed by atoms with Crippen LogP contribution >= 0.6 is 0 Å². The number of ether oxygens (including phenoxy) is 1. The van der Waals surface area contributed by atoms with E-state index in [9.17, 15) is 0 Å². The van der Waals surface area contributed by atoms with E-state index in [1.165, 1.54) is 17.6 Å². The van der Waals surface area contributed by atoms with E-state index < -0.39 is 0 Å². The van der Waals surface area contributed by atoms with Gasteiger partial charge in [-0.2, -0.15) is 0 Å². The lowest BCUT2D eigenvalue weighted by Gasteiger charge is -2.25. The first-order chi connectivity index (χ1) is 14.1. The minimum absolute atomic E-state index is 0.627. The van der Waals surface area contributed by atoms with Crippen LogP contribution in [0.15, 0.2) is 71.5 Å². The van der Waals surface area contributed by atoms with Gasteiger partial charge in [0.25, 0.3) is 0 Å². The zero-order chi connectivity index (χ0) is 20.4. The van der Waals surface area contributed by atoms with Crippen molar-refractivity contribution in [3.63, 3.8) is 0 Å². The van der Waals surface area contributed by atoms with Gasteiger partial charge in [-0.15, -0.1) is 0 Å². The van der Waals surface area contributed by atoms with Gasteiger partial charge >= 0.3 is 0 Å². The Bertz CT molecular complexity index is 1100. The monoisotopic (exact) mass is 385 g/mol. The highest BCUT2D eigenvalue weighted by atomic mass is 16.5. The van der Waals surface area contributed by atoms with Crippen molar-refractivity contribution < 1.29 is 4.74 Å². The topological polar surface area (TPSA) is 47.0 Å². The SMILES string of the molecule is CC[C@H]1CC(C)=C(Nc2nc(-c3ccccc3)nc3ccc(OC)cc23)C=C1C. The average Bonchev–Trinajstić information content (AvgIpc) is 2.76. The number of nitrogens with one attached hydrogen (secondary N) is 1. The van der Waals surface area contributed by atoms with Crippen molar-refractivity contribution in [2.24, 2.45) is 5.92 Å². The quantitative estimate of drug-likeness (QED) is 0.554. The maximum absolute atomic E-state index is 5.44. The molecular formula is C25H27N3O. The van der Waals surface area contributed by atoms with E-state index in [2.05, 4.69) is 32.2 Å². The van der Waals surface area contributed by atoms with Crippen LogP contribution in [-0.4, -0.2) is 17.1 Å². The summed E-state index contributed by atoms with van der Waals surface area (Å²) < 4.78 is 5.44. The Kier molecular flexibility index (Phi) is 5.34. The first-order valence-corrected chi connectivity index (χ1v) is 10.1. The summed E-state index contributed by atoms with van der Waals surface area (Å²) in [7, 11) is 1.68. The third-order valence-corrected chi connectivity index (χ3v) is 5.71. The molecular weight excluding hydrogens is 358 g/mol. The molecule has 29 heavy (non-hydrogen) atoms. The van der Waals surface area contributed by atoms with Crippen molar-refractivity contribution in [1.82, 2.24) is 9.97 Å². The fourth-order valence-corrected chi connectivity index (χ4v) is 3.89. The van der Waals surface area contributed by atoms with Crippen LogP contribution in [0.25, 0.3) is 22.3 Å². The third-order valence-electron chi connectivity index (χ3n) is 5.71. The van der Waals surface area contributed by atoms with Crippen molar-refractivity contribution in [2.45, 2.75) is 33.6 Å². The molecule has 0 saturated carbocycles. The number of aromatic nitrogens is 2. The number of rotatable bonds is 5. The highest BCUT2D eigenvalue weighted by Crippen LogP contribution is 2.34. The van der Waals surface area contributed by atoms with Gasteiger partial charge in [-0.3, -0.25) is 0 Å². The van der Waals surface area contributed by atoms with Gasteiger partial charge in [0, 0.05) is 16.6 Å². The summed E-state index contributed by atoms with van der Waals surface area (Å²) in [4.78, 5) is 9.69. The predicted molar refractivity (Wildman–Crippen MR) is 120 cm³/mol. The lowest BCUT2D eigenvalue weighted by molar-refractivity contribution is 0.415. The molecule has 0 saturated heterocycles. The second kappa shape index (κ2) is 8.08. The lowest BCUT2D eigenvalue weighted by atomic mass is 9.85. The molecule has 3 aromatic rings. The summed E-state index contributed by atoms with van der Waals surface area (Å²) in [6.45, 7) is 6.68. The summed E-state index contributed by atoms with van der Waals surface area (Å²) in [6.07, 6.45) is 4.51. The van der Waals surface area contributed by atoms with Crippen LogP contribution in [0.5, 0.6) is 5.75 Å². The highest BCUT2D eigenvalue weighted by molar-refractivity contribution is 5.92.